The SMILES string of the molecule is Cc1cc(I)c(O)c(C(C)(C)C)c1. The van der Waals surface area contributed by atoms with Gasteiger partial charge < -0.3 is 5.11 Å². The molecular weight excluding hydrogens is 275 g/mol. The van der Waals surface area contributed by atoms with E-state index in [1.54, 1.807) is 0 Å². The van der Waals surface area contributed by atoms with Gasteiger partial charge in [-0.1, -0.05) is 26.8 Å². The van der Waals surface area contributed by atoms with Gasteiger partial charge in [-0.25, -0.2) is 0 Å². The summed E-state index contributed by atoms with van der Waals surface area (Å²) in [5, 5.41) is 9.85. The van der Waals surface area contributed by atoms with E-state index in [1.807, 2.05) is 6.07 Å². The third kappa shape index (κ3) is 2.36. The highest BCUT2D eigenvalue weighted by atomic mass is 127. The second kappa shape index (κ2) is 3.48. The van der Waals surface area contributed by atoms with E-state index in [2.05, 4.69) is 56.4 Å². The van der Waals surface area contributed by atoms with Crippen LogP contribution in [0.3, 0.4) is 0 Å². The number of benzene rings is 1. The molecule has 72 valence electrons. The second-order valence-corrected chi connectivity index (χ2v) is 5.56. The van der Waals surface area contributed by atoms with Crippen molar-refractivity contribution in [1.82, 2.24) is 0 Å². The zero-order valence-electron chi connectivity index (χ0n) is 8.48. The Bertz CT molecular complexity index is 324. The predicted octanol–water partition coefficient (Wildman–Crippen LogP) is 3.60. The van der Waals surface area contributed by atoms with Crippen LogP contribution in [0, 0.1) is 10.5 Å². The van der Waals surface area contributed by atoms with E-state index in [1.165, 1.54) is 5.56 Å². The number of rotatable bonds is 0. The first-order valence-corrected chi connectivity index (χ1v) is 5.40. The molecule has 0 heterocycles. The summed E-state index contributed by atoms with van der Waals surface area (Å²) in [7, 11) is 0. The average molecular weight is 290 g/mol. The van der Waals surface area contributed by atoms with Crippen molar-refractivity contribution in [1.29, 1.82) is 0 Å². The van der Waals surface area contributed by atoms with E-state index in [0.717, 1.165) is 9.13 Å². The van der Waals surface area contributed by atoms with Crippen molar-refractivity contribution in [2.24, 2.45) is 0 Å². The van der Waals surface area contributed by atoms with Crippen LogP contribution in [0.5, 0.6) is 5.75 Å². The van der Waals surface area contributed by atoms with Crippen LogP contribution < -0.4 is 0 Å². The van der Waals surface area contributed by atoms with Crippen molar-refractivity contribution in [3.63, 3.8) is 0 Å². The third-order valence-corrected chi connectivity index (χ3v) is 2.84. The van der Waals surface area contributed by atoms with Gasteiger partial charge in [0.15, 0.2) is 0 Å². The van der Waals surface area contributed by atoms with E-state index >= 15 is 0 Å². The molecule has 0 unspecified atom stereocenters. The van der Waals surface area contributed by atoms with Gasteiger partial charge in [0, 0.05) is 5.56 Å². The summed E-state index contributed by atoms with van der Waals surface area (Å²) in [6.45, 7) is 8.38. The Morgan fingerprint density at radius 1 is 1.23 bits per heavy atom. The number of halogens is 1. The van der Waals surface area contributed by atoms with Gasteiger partial charge in [0.2, 0.25) is 0 Å². The van der Waals surface area contributed by atoms with Crippen LogP contribution >= 0.6 is 22.6 Å². The van der Waals surface area contributed by atoms with Gasteiger partial charge >= 0.3 is 0 Å². The number of phenols is 1. The van der Waals surface area contributed by atoms with Crippen LogP contribution in [0.15, 0.2) is 12.1 Å². The van der Waals surface area contributed by atoms with Gasteiger partial charge in [-0.3, -0.25) is 0 Å². The second-order valence-electron chi connectivity index (χ2n) is 4.39. The minimum absolute atomic E-state index is 0.00995. The van der Waals surface area contributed by atoms with Crippen molar-refractivity contribution in [2.75, 3.05) is 0 Å². The van der Waals surface area contributed by atoms with Gasteiger partial charge in [0.25, 0.3) is 0 Å². The summed E-state index contributed by atoms with van der Waals surface area (Å²) in [5.74, 6) is 0.429. The Kier molecular flexibility index (Phi) is 2.90. The molecule has 0 spiro atoms. The van der Waals surface area contributed by atoms with E-state index < -0.39 is 0 Å². The minimum Gasteiger partial charge on any atom is -0.507 e. The van der Waals surface area contributed by atoms with Gasteiger partial charge in [-0.05, 0) is 46.6 Å². The lowest BCUT2D eigenvalue weighted by atomic mass is 9.85. The van der Waals surface area contributed by atoms with Gasteiger partial charge in [0.05, 0.1) is 3.57 Å². The van der Waals surface area contributed by atoms with E-state index in [4.69, 9.17) is 0 Å². The molecule has 0 radical (unpaired) electrons. The summed E-state index contributed by atoms with van der Waals surface area (Å²) < 4.78 is 0.933. The van der Waals surface area contributed by atoms with Crippen molar-refractivity contribution in [3.8, 4) is 5.75 Å². The Balaban J connectivity index is 3.37. The summed E-state index contributed by atoms with van der Waals surface area (Å²) >= 11 is 2.17. The van der Waals surface area contributed by atoms with Gasteiger partial charge in [0.1, 0.15) is 5.75 Å². The highest BCUT2D eigenvalue weighted by Crippen LogP contribution is 2.34. The fraction of sp³-hybridized carbons (Fsp3) is 0.455. The summed E-state index contributed by atoms with van der Waals surface area (Å²) in [5.41, 5.74) is 2.24. The number of aryl methyl sites for hydroxylation is 1. The smallest absolute Gasteiger partial charge is 0.132 e. The zero-order valence-corrected chi connectivity index (χ0v) is 10.6. The van der Waals surface area contributed by atoms with Crippen LogP contribution in [0.1, 0.15) is 31.9 Å². The molecule has 0 fully saturated rings. The average Bonchev–Trinajstić information content (AvgIpc) is 1.94. The number of hydrogen-bond donors (Lipinski definition) is 1. The molecule has 0 amide bonds. The molecule has 0 saturated carbocycles. The Hall–Kier alpha value is -0.250. The number of hydrogen-bond acceptors (Lipinski definition) is 1. The molecule has 1 aromatic carbocycles. The molecule has 1 aromatic rings. The first-order chi connectivity index (χ1) is 5.82. The summed E-state index contributed by atoms with van der Waals surface area (Å²) in [6, 6.07) is 4.04. The molecule has 1 N–H and O–H groups in total. The van der Waals surface area contributed by atoms with Crippen molar-refractivity contribution in [2.45, 2.75) is 33.1 Å². The first-order valence-electron chi connectivity index (χ1n) is 4.32. The summed E-state index contributed by atoms with van der Waals surface area (Å²) in [6.07, 6.45) is 0. The molecule has 0 aliphatic heterocycles. The topological polar surface area (TPSA) is 20.2 Å². The van der Waals surface area contributed by atoms with Crippen LogP contribution in [-0.4, -0.2) is 5.11 Å². The third-order valence-electron chi connectivity index (χ3n) is 2.02. The molecule has 0 aromatic heterocycles. The molecule has 0 atom stereocenters. The Labute approximate surface area is 93.3 Å². The maximum Gasteiger partial charge on any atom is 0.132 e. The lowest BCUT2D eigenvalue weighted by Gasteiger charge is -2.21. The van der Waals surface area contributed by atoms with Crippen LogP contribution in [-0.2, 0) is 5.41 Å². The zero-order chi connectivity index (χ0) is 10.2. The van der Waals surface area contributed by atoms with Crippen molar-refractivity contribution < 1.29 is 5.11 Å². The standard InChI is InChI=1S/C11H15IO/c1-7-5-8(11(2,3)4)10(13)9(12)6-7/h5-6,13H,1-4H3. The molecule has 0 aliphatic rings. The quantitative estimate of drug-likeness (QED) is 0.724. The maximum absolute atomic E-state index is 9.85. The highest BCUT2D eigenvalue weighted by molar-refractivity contribution is 14.1. The fourth-order valence-electron chi connectivity index (χ4n) is 1.31. The maximum atomic E-state index is 9.85. The van der Waals surface area contributed by atoms with Crippen LogP contribution in [0.2, 0.25) is 0 Å². The lowest BCUT2D eigenvalue weighted by Crippen LogP contribution is -2.12. The lowest BCUT2D eigenvalue weighted by molar-refractivity contribution is 0.443. The molecule has 2 heteroatoms. The van der Waals surface area contributed by atoms with Crippen LogP contribution in [0.4, 0.5) is 0 Å². The highest BCUT2D eigenvalue weighted by Gasteiger charge is 2.19. The van der Waals surface area contributed by atoms with E-state index in [0.29, 0.717) is 5.75 Å². The predicted molar refractivity (Wildman–Crippen MR) is 64.3 cm³/mol. The Morgan fingerprint density at radius 3 is 2.23 bits per heavy atom. The first kappa shape index (κ1) is 10.8. The molecule has 1 rings (SSSR count). The fourth-order valence-corrected chi connectivity index (χ4v) is 2.09. The molecule has 0 saturated heterocycles. The molecular formula is C11H15IO. The molecule has 1 nitrogen and oxygen atoms in total. The van der Waals surface area contributed by atoms with E-state index in [-0.39, 0.29) is 5.41 Å². The van der Waals surface area contributed by atoms with E-state index in [9.17, 15) is 5.11 Å². The Morgan fingerprint density at radius 2 is 1.77 bits per heavy atom. The van der Waals surface area contributed by atoms with Crippen molar-refractivity contribution in [3.05, 3.63) is 26.8 Å². The van der Waals surface area contributed by atoms with Crippen molar-refractivity contribution >= 4 is 22.6 Å². The van der Waals surface area contributed by atoms with Crippen LogP contribution in [0.25, 0.3) is 0 Å². The van der Waals surface area contributed by atoms with Gasteiger partial charge in [-0.15, -0.1) is 0 Å². The molecule has 13 heavy (non-hydrogen) atoms. The number of aromatic hydroxyl groups is 1. The normalized spacial score (nSPS) is 11.8. The minimum atomic E-state index is 0.00995. The largest absolute Gasteiger partial charge is 0.507 e. The summed E-state index contributed by atoms with van der Waals surface area (Å²) in [4.78, 5) is 0. The monoisotopic (exact) mass is 290 g/mol. The molecule has 0 aliphatic carbocycles. The molecule has 0 bridgehead atoms. The van der Waals surface area contributed by atoms with Gasteiger partial charge in [-0.2, -0.15) is 0 Å². The number of phenolic OH excluding ortho intramolecular Hbond substituents is 1.